The normalized spacial score (nSPS) is 23.4. The summed E-state index contributed by atoms with van der Waals surface area (Å²) in [4.78, 5) is 14.5. The van der Waals surface area contributed by atoms with E-state index in [2.05, 4.69) is 5.10 Å². The van der Waals surface area contributed by atoms with E-state index in [1.807, 2.05) is 30.3 Å². The summed E-state index contributed by atoms with van der Waals surface area (Å²) in [5.74, 6) is 0.656. The average molecular weight is 343 g/mol. The molecular weight excluding hydrogens is 321 g/mol. The number of hydrogen-bond donors (Lipinski definition) is 0. The van der Waals surface area contributed by atoms with Crippen molar-refractivity contribution in [1.29, 1.82) is 0 Å². The molecule has 132 valence electrons. The molecule has 2 aliphatic rings. The van der Waals surface area contributed by atoms with Gasteiger partial charge in [0, 0.05) is 6.54 Å². The number of benzene rings is 1. The Hall–Kier alpha value is -2.37. The number of fused-ring (bicyclic) bond motifs is 1. The van der Waals surface area contributed by atoms with Crippen LogP contribution in [0.1, 0.15) is 41.9 Å². The van der Waals surface area contributed by atoms with E-state index in [0.717, 1.165) is 30.7 Å². The van der Waals surface area contributed by atoms with E-state index in [-0.39, 0.29) is 11.9 Å². The van der Waals surface area contributed by atoms with Gasteiger partial charge >= 0.3 is 0 Å². The number of ether oxygens (including phenoxy) is 1. The molecular formula is C19H22FN3O2. The van der Waals surface area contributed by atoms with Crippen LogP contribution in [0.3, 0.4) is 0 Å². The molecule has 1 aromatic carbocycles. The van der Waals surface area contributed by atoms with E-state index in [0.29, 0.717) is 31.8 Å². The zero-order valence-corrected chi connectivity index (χ0v) is 14.1. The maximum absolute atomic E-state index is 14.3. The van der Waals surface area contributed by atoms with Crippen molar-refractivity contribution >= 4 is 5.91 Å². The van der Waals surface area contributed by atoms with Gasteiger partial charge in [-0.2, -0.15) is 5.10 Å². The van der Waals surface area contributed by atoms with E-state index in [1.54, 1.807) is 15.6 Å². The molecule has 1 aliphatic carbocycles. The number of hydrogen-bond acceptors (Lipinski definition) is 3. The average Bonchev–Trinajstić information content (AvgIpc) is 3.06. The summed E-state index contributed by atoms with van der Waals surface area (Å²) in [7, 11) is 0. The lowest BCUT2D eigenvalue weighted by molar-refractivity contribution is 0.0385. The number of para-hydroxylation sites is 1. The second-order valence-electron chi connectivity index (χ2n) is 6.71. The number of aromatic nitrogens is 2. The number of carbonyl (C=O) groups is 1. The molecule has 1 fully saturated rings. The molecule has 25 heavy (non-hydrogen) atoms. The minimum atomic E-state index is -0.909. The maximum atomic E-state index is 14.3. The summed E-state index contributed by atoms with van der Waals surface area (Å²) in [6, 6.07) is 11.0. The quantitative estimate of drug-likeness (QED) is 0.856. The van der Waals surface area contributed by atoms with Crippen LogP contribution < -0.4 is 4.74 Å². The van der Waals surface area contributed by atoms with Crippen molar-refractivity contribution in [2.75, 3.05) is 6.54 Å². The van der Waals surface area contributed by atoms with Crippen molar-refractivity contribution in [3.63, 3.8) is 0 Å². The van der Waals surface area contributed by atoms with Gasteiger partial charge in [-0.15, -0.1) is 0 Å². The molecule has 0 spiro atoms. The van der Waals surface area contributed by atoms with Gasteiger partial charge < -0.3 is 9.64 Å². The summed E-state index contributed by atoms with van der Waals surface area (Å²) in [6.07, 6.45) is 2.31. The van der Waals surface area contributed by atoms with E-state index in [1.165, 1.54) is 0 Å². The number of alkyl halides is 1. The largest absolute Gasteiger partial charge is 0.487 e. The van der Waals surface area contributed by atoms with Gasteiger partial charge in [0.05, 0.1) is 12.6 Å². The van der Waals surface area contributed by atoms with Crippen LogP contribution in [-0.2, 0) is 13.2 Å². The van der Waals surface area contributed by atoms with Gasteiger partial charge in [-0.3, -0.25) is 9.48 Å². The second-order valence-corrected chi connectivity index (χ2v) is 6.71. The van der Waals surface area contributed by atoms with Gasteiger partial charge in [-0.1, -0.05) is 31.0 Å². The van der Waals surface area contributed by atoms with Crippen LogP contribution in [0.15, 0.2) is 36.4 Å². The Morgan fingerprint density at radius 3 is 2.76 bits per heavy atom. The van der Waals surface area contributed by atoms with Crippen LogP contribution in [-0.4, -0.2) is 39.3 Å². The van der Waals surface area contributed by atoms with Crippen LogP contribution >= 0.6 is 0 Å². The summed E-state index contributed by atoms with van der Waals surface area (Å²) in [5.41, 5.74) is 1.25. The predicted octanol–water partition coefficient (Wildman–Crippen LogP) is 3.20. The zero-order valence-electron chi connectivity index (χ0n) is 14.1. The molecule has 5 nitrogen and oxygen atoms in total. The van der Waals surface area contributed by atoms with Crippen molar-refractivity contribution in [1.82, 2.24) is 14.7 Å². The zero-order chi connectivity index (χ0) is 17.2. The van der Waals surface area contributed by atoms with Gasteiger partial charge in [0.2, 0.25) is 0 Å². The number of halogens is 1. The molecule has 2 unspecified atom stereocenters. The minimum absolute atomic E-state index is 0.112. The Morgan fingerprint density at radius 2 is 1.96 bits per heavy atom. The smallest absolute Gasteiger partial charge is 0.272 e. The minimum Gasteiger partial charge on any atom is -0.487 e. The van der Waals surface area contributed by atoms with Gasteiger partial charge in [0.1, 0.15) is 29.9 Å². The third-order valence-corrected chi connectivity index (χ3v) is 5.04. The molecule has 1 saturated carbocycles. The maximum Gasteiger partial charge on any atom is 0.272 e. The van der Waals surface area contributed by atoms with Gasteiger partial charge in [0.15, 0.2) is 0 Å². The highest BCUT2D eigenvalue weighted by Gasteiger charge is 2.36. The molecule has 0 saturated heterocycles. The molecule has 0 N–H and O–H groups in total. The third-order valence-electron chi connectivity index (χ3n) is 5.04. The molecule has 1 amide bonds. The summed E-state index contributed by atoms with van der Waals surface area (Å²) in [6.45, 7) is 1.44. The molecule has 0 radical (unpaired) electrons. The number of nitrogens with zero attached hydrogens (tertiary/aromatic N) is 3. The molecule has 6 heteroatoms. The standard InChI is InChI=1S/C19H22FN3O2/c20-16-8-4-5-9-17(16)22-10-11-23-18(19(22)24)12-14(21-23)13-25-15-6-2-1-3-7-15/h1-3,6-7,12,16-17H,4-5,8-11,13H2. The Labute approximate surface area is 146 Å². The highest BCUT2D eigenvalue weighted by atomic mass is 19.1. The first-order valence-electron chi connectivity index (χ1n) is 8.92. The Morgan fingerprint density at radius 1 is 1.16 bits per heavy atom. The van der Waals surface area contributed by atoms with Crippen LogP contribution in [0.4, 0.5) is 4.39 Å². The fraction of sp³-hybridized carbons (Fsp3) is 0.474. The number of carbonyl (C=O) groups excluding carboxylic acids is 1. The van der Waals surface area contributed by atoms with Crippen LogP contribution in [0.5, 0.6) is 5.75 Å². The van der Waals surface area contributed by atoms with Crippen molar-refractivity contribution in [3.8, 4) is 5.75 Å². The fourth-order valence-corrected chi connectivity index (χ4v) is 3.74. The summed E-state index contributed by atoms with van der Waals surface area (Å²) >= 11 is 0. The predicted molar refractivity (Wildman–Crippen MR) is 91.2 cm³/mol. The van der Waals surface area contributed by atoms with Crippen molar-refractivity contribution in [3.05, 3.63) is 47.8 Å². The topological polar surface area (TPSA) is 47.4 Å². The number of amides is 1. The summed E-state index contributed by atoms with van der Waals surface area (Å²) in [5, 5.41) is 4.47. The lowest BCUT2D eigenvalue weighted by Crippen LogP contribution is -2.51. The monoisotopic (exact) mass is 343 g/mol. The molecule has 1 aromatic heterocycles. The van der Waals surface area contributed by atoms with E-state index in [4.69, 9.17) is 4.74 Å². The van der Waals surface area contributed by atoms with Gasteiger partial charge in [-0.05, 0) is 31.0 Å². The SMILES string of the molecule is O=C1c2cc(COc3ccccc3)nn2CCN1C1CCCCC1F. The fourth-order valence-electron chi connectivity index (χ4n) is 3.74. The molecule has 2 heterocycles. The second kappa shape index (κ2) is 6.86. The molecule has 1 aliphatic heterocycles. The molecule has 2 atom stereocenters. The van der Waals surface area contributed by atoms with Crippen LogP contribution in [0.25, 0.3) is 0 Å². The number of rotatable bonds is 4. The van der Waals surface area contributed by atoms with E-state index in [9.17, 15) is 9.18 Å². The van der Waals surface area contributed by atoms with Crippen LogP contribution in [0.2, 0.25) is 0 Å². The van der Waals surface area contributed by atoms with Crippen molar-refractivity contribution in [2.24, 2.45) is 0 Å². The Kier molecular flexibility index (Phi) is 4.42. The van der Waals surface area contributed by atoms with E-state index >= 15 is 0 Å². The lowest BCUT2D eigenvalue weighted by atomic mass is 9.92. The Balaban J connectivity index is 1.47. The first-order chi connectivity index (χ1) is 12.2. The Bertz CT molecular complexity index is 746. The van der Waals surface area contributed by atoms with Gasteiger partial charge in [0.25, 0.3) is 5.91 Å². The van der Waals surface area contributed by atoms with E-state index < -0.39 is 6.17 Å². The van der Waals surface area contributed by atoms with Crippen LogP contribution in [0, 0.1) is 0 Å². The molecule has 2 aromatic rings. The van der Waals surface area contributed by atoms with Crippen molar-refractivity contribution in [2.45, 2.75) is 51.0 Å². The van der Waals surface area contributed by atoms with Crippen molar-refractivity contribution < 1.29 is 13.9 Å². The lowest BCUT2D eigenvalue weighted by Gasteiger charge is -2.38. The highest BCUT2D eigenvalue weighted by molar-refractivity contribution is 5.93. The first kappa shape index (κ1) is 16.1. The molecule has 4 rings (SSSR count). The molecule has 0 bridgehead atoms. The summed E-state index contributed by atoms with van der Waals surface area (Å²) < 4.78 is 21.7. The van der Waals surface area contributed by atoms with Gasteiger partial charge in [-0.25, -0.2) is 4.39 Å². The first-order valence-corrected chi connectivity index (χ1v) is 8.92. The third kappa shape index (κ3) is 3.25. The highest BCUT2D eigenvalue weighted by Crippen LogP contribution is 2.28.